The van der Waals surface area contributed by atoms with E-state index >= 15 is 0 Å². The average Bonchev–Trinajstić information content (AvgIpc) is 2.34. The molecule has 0 saturated heterocycles. The zero-order chi connectivity index (χ0) is 13.1. The highest BCUT2D eigenvalue weighted by Crippen LogP contribution is 2.32. The summed E-state index contributed by atoms with van der Waals surface area (Å²) in [4.78, 5) is 20.1. The Morgan fingerprint density at radius 2 is 2.00 bits per heavy atom. The number of aromatic nitrogens is 2. The van der Waals surface area contributed by atoms with Crippen LogP contribution in [-0.2, 0) is 0 Å². The molecule has 1 aromatic heterocycles. The van der Waals surface area contributed by atoms with Gasteiger partial charge in [0.05, 0.1) is 5.56 Å². The van der Waals surface area contributed by atoms with Crippen LogP contribution in [0.3, 0.4) is 0 Å². The van der Waals surface area contributed by atoms with Crippen molar-refractivity contribution in [2.24, 2.45) is 0 Å². The Morgan fingerprint density at radius 1 is 1.33 bits per heavy atom. The largest absolute Gasteiger partial charge is 0.478 e. The molecule has 0 unspecified atom stereocenters. The summed E-state index contributed by atoms with van der Waals surface area (Å²) in [6, 6.07) is 4.86. The van der Waals surface area contributed by atoms with E-state index < -0.39 is 5.97 Å². The fourth-order valence-corrected chi connectivity index (χ4v) is 2.57. The molecule has 0 bridgehead atoms. The number of nitrogens with zero attached hydrogens (tertiary/aromatic N) is 2. The Labute approximate surface area is 117 Å². The van der Waals surface area contributed by atoms with E-state index in [4.69, 9.17) is 5.11 Å². The SMILES string of the molecule is Cc1cnc(Sc2ccc(C(=O)O)cc2Br)nc1. The van der Waals surface area contributed by atoms with Gasteiger partial charge in [-0.05, 0) is 58.4 Å². The van der Waals surface area contributed by atoms with Gasteiger partial charge in [0.2, 0.25) is 0 Å². The number of halogens is 1. The molecule has 0 spiro atoms. The van der Waals surface area contributed by atoms with Crippen molar-refractivity contribution >= 4 is 33.7 Å². The van der Waals surface area contributed by atoms with Crippen molar-refractivity contribution in [3.63, 3.8) is 0 Å². The molecule has 0 saturated carbocycles. The fourth-order valence-electron chi connectivity index (χ4n) is 1.25. The lowest BCUT2D eigenvalue weighted by Gasteiger charge is -2.04. The normalized spacial score (nSPS) is 10.3. The van der Waals surface area contributed by atoms with Gasteiger partial charge in [-0.3, -0.25) is 0 Å². The lowest BCUT2D eigenvalue weighted by atomic mass is 10.2. The maximum absolute atomic E-state index is 10.8. The number of benzene rings is 1. The Kier molecular flexibility index (Phi) is 3.98. The summed E-state index contributed by atoms with van der Waals surface area (Å²) in [6.45, 7) is 1.92. The Bertz CT molecular complexity index is 587. The molecule has 0 fully saturated rings. The fraction of sp³-hybridized carbons (Fsp3) is 0.0833. The van der Waals surface area contributed by atoms with Gasteiger partial charge in [-0.25, -0.2) is 14.8 Å². The molecule has 18 heavy (non-hydrogen) atoms. The molecule has 0 radical (unpaired) electrons. The van der Waals surface area contributed by atoms with E-state index in [-0.39, 0.29) is 5.56 Å². The van der Waals surface area contributed by atoms with Crippen LogP contribution in [0.15, 0.2) is 45.1 Å². The molecule has 0 amide bonds. The standard InChI is InChI=1S/C12H9BrN2O2S/c1-7-5-14-12(15-6-7)18-10-3-2-8(11(16)17)4-9(10)13/h2-6H,1H3,(H,16,17). The van der Waals surface area contributed by atoms with Crippen LogP contribution in [0.4, 0.5) is 0 Å². The maximum Gasteiger partial charge on any atom is 0.335 e. The summed E-state index contributed by atoms with van der Waals surface area (Å²) in [5.74, 6) is -0.946. The Morgan fingerprint density at radius 3 is 2.56 bits per heavy atom. The molecule has 0 aliphatic rings. The van der Waals surface area contributed by atoms with Crippen molar-refractivity contribution in [1.29, 1.82) is 0 Å². The summed E-state index contributed by atoms with van der Waals surface area (Å²) in [5, 5.41) is 9.50. The van der Waals surface area contributed by atoms with Crippen molar-refractivity contribution < 1.29 is 9.90 Å². The summed E-state index contributed by atoms with van der Waals surface area (Å²) in [6.07, 6.45) is 3.49. The Balaban J connectivity index is 2.24. The predicted molar refractivity (Wildman–Crippen MR) is 72.0 cm³/mol. The second-order valence-electron chi connectivity index (χ2n) is 3.60. The summed E-state index contributed by atoms with van der Waals surface area (Å²) in [5.41, 5.74) is 1.25. The number of hydrogen-bond acceptors (Lipinski definition) is 4. The first-order valence-electron chi connectivity index (χ1n) is 5.05. The van der Waals surface area contributed by atoms with E-state index in [1.807, 2.05) is 6.92 Å². The van der Waals surface area contributed by atoms with Crippen molar-refractivity contribution in [3.05, 3.63) is 46.2 Å². The van der Waals surface area contributed by atoms with Gasteiger partial charge < -0.3 is 5.11 Å². The first-order chi connectivity index (χ1) is 8.56. The number of aromatic carboxylic acids is 1. The molecular formula is C12H9BrN2O2S. The number of hydrogen-bond donors (Lipinski definition) is 1. The number of rotatable bonds is 3. The molecule has 92 valence electrons. The molecule has 6 heteroatoms. The van der Waals surface area contributed by atoms with Gasteiger partial charge in [-0.2, -0.15) is 0 Å². The number of carboxylic acids is 1. The lowest BCUT2D eigenvalue weighted by Crippen LogP contribution is -1.96. The zero-order valence-electron chi connectivity index (χ0n) is 9.42. The number of aryl methyl sites for hydroxylation is 1. The van der Waals surface area contributed by atoms with E-state index in [9.17, 15) is 4.79 Å². The molecule has 2 rings (SSSR count). The van der Waals surface area contributed by atoms with Crippen LogP contribution in [0.1, 0.15) is 15.9 Å². The highest BCUT2D eigenvalue weighted by atomic mass is 79.9. The van der Waals surface area contributed by atoms with Crippen LogP contribution in [0.2, 0.25) is 0 Å². The van der Waals surface area contributed by atoms with Crippen molar-refractivity contribution in [2.75, 3.05) is 0 Å². The minimum Gasteiger partial charge on any atom is -0.478 e. The number of carboxylic acid groups (broad SMARTS) is 1. The van der Waals surface area contributed by atoms with Crippen molar-refractivity contribution in [3.8, 4) is 0 Å². The molecular weight excluding hydrogens is 316 g/mol. The smallest absolute Gasteiger partial charge is 0.335 e. The van der Waals surface area contributed by atoms with Crippen LogP contribution < -0.4 is 0 Å². The highest BCUT2D eigenvalue weighted by Gasteiger charge is 2.09. The van der Waals surface area contributed by atoms with Crippen LogP contribution in [0.5, 0.6) is 0 Å². The van der Waals surface area contributed by atoms with Crippen molar-refractivity contribution in [2.45, 2.75) is 17.0 Å². The summed E-state index contributed by atoms with van der Waals surface area (Å²) in [7, 11) is 0. The van der Waals surface area contributed by atoms with E-state index in [1.54, 1.807) is 30.6 Å². The molecule has 0 aliphatic heterocycles. The third-order valence-corrected chi connectivity index (χ3v) is 4.03. The van der Waals surface area contributed by atoms with Gasteiger partial charge in [-0.1, -0.05) is 0 Å². The van der Waals surface area contributed by atoms with Gasteiger partial charge in [0, 0.05) is 21.8 Å². The summed E-state index contributed by atoms with van der Waals surface area (Å²) >= 11 is 4.73. The second kappa shape index (κ2) is 5.49. The van der Waals surface area contributed by atoms with Crippen LogP contribution >= 0.6 is 27.7 Å². The van der Waals surface area contributed by atoms with Crippen molar-refractivity contribution in [1.82, 2.24) is 9.97 Å². The quantitative estimate of drug-likeness (QED) is 0.877. The molecule has 4 nitrogen and oxygen atoms in total. The second-order valence-corrected chi connectivity index (χ2v) is 5.46. The highest BCUT2D eigenvalue weighted by molar-refractivity contribution is 9.10. The minimum atomic E-state index is -0.946. The van der Waals surface area contributed by atoms with E-state index in [0.717, 1.165) is 14.9 Å². The lowest BCUT2D eigenvalue weighted by molar-refractivity contribution is 0.0696. The van der Waals surface area contributed by atoms with Gasteiger partial charge in [0.25, 0.3) is 0 Å². The van der Waals surface area contributed by atoms with E-state index in [2.05, 4.69) is 25.9 Å². The third-order valence-electron chi connectivity index (χ3n) is 2.14. The monoisotopic (exact) mass is 324 g/mol. The average molecular weight is 325 g/mol. The van der Waals surface area contributed by atoms with Gasteiger partial charge >= 0.3 is 5.97 Å². The molecule has 1 heterocycles. The molecule has 1 N–H and O–H groups in total. The molecule has 2 aromatic rings. The minimum absolute atomic E-state index is 0.246. The predicted octanol–water partition coefficient (Wildman–Crippen LogP) is 3.40. The van der Waals surface area contributed by atoms with E-state index in [1.165, 1.54) is 11.8 Å². The van der Waals surface area contributed by atoms with E-state index in [0.29, 0.717) is 5.16 Å². The third kappa shape index (κ3) is 3.08. The van der Waals surface area contributed by atoms with Gasteiger partial charge in [0.1, 0.15) is 0 Å². The summed E-state index contributed by atoms with van der Waals surface area (Å²) < 4.78 is 0.719. The molecule has 0 aliphatic carbocycles. The van der Waals surface area contributed by atoms with Crippen LogP contribution in [0.25, 0.3) is 0 Å². The van der Waals surface area contributed by atoms with Crippen LogP contribution in [0, 0.1) is 6.92 Å². The van der Waals surface area contributed by atoms with Crippen LogP contribution in [-0.4, -0.2) is 21.0 Å². The first kappa shape index (κ1) is 13.0. The number of carbonyl (C=O) groups is 1. The molecule has 0 atom stereocenters. The van der Waals surface area contributed by atoms with Gasteiger partial charge in [-0.15, -0.1) is 0 Å². The zero-order valence-corrected chi connectivity index (χ0v) is 11.8. The molecule has 1 aromatic carbocycles. The van der Waals surface area contributed by atoms with Gasteiger partial charge in [0.15, 0.2) is 5.16 Å². The topological polar surface area (TPSA) is 63.1 Å². The maximum atomic E-state index is 10.8. The Hall–Kier alpha value is -1.40. The first-order valence-corrected chi connectivity index (χ1v) is 6.66.